The molecule has 0 fully saturated rings. The van der Waals surface area contributed by atoms with E-state index in [1.165, 1.54) is 6.92 Å². The Kier molecular flexibility index (Phi) is 3.70. The molecule has 0 aromatic rings. The van der Waals surface area contributed by atoms with E-state index in [9.17, 15) is 13.2 Å². The smallest absolute Gasteiger partial charge is 0.238 e. The van der Waals surface area contributed by atoms with Gasteiger partial charge in [-0.15, -0.1) is 0 Å². The van der Waals surface area contributed by atoms with Crippen molar-refractivity contribution in [3.63, 3.8) is 0 Å². The van der Waals surface area contributed by atoms with E-state index < -0.39 is 21.0 Å². The van der Waals surface area contributed by atoms with Gasteiger partial charge in [0.25, 0.3) is 0 Å². The average molecular weight is 190 g/mol. The second-order valence-corrected chi connectivity index (χ2v) is 4.71. The van der Waals surface area contributed by atoms with Crippen LogP contribution in [0.1, 0.15) is 6.92 Å². The molecule has 1 atom stereocenters. The van der Waals surface area contributed by atoms with Crippen molar-refractivity contribution in [2.24, 2.45) is 0 Å². The van der Waals surface area contributed by atoms with Gasteiger partial charge >= 0.3 is 0 Å². The summed E-state index contributed by atoms with van der Waals surface area (Å²) < 4.78 is 21.6. The lowest BCUT2D eigenvalue weighted by Crippen LogP contribution is -2.37. The van der Waals surface area contributed by atoms with Crippen molar-refractivity contribution < 1.29 is 13.2 Å². The van der Waals surface area contributed by atoms with Gasteiger partial charge in [-0.3, -0.25) is 4.79 Å². The first-order chi connectivity index (χ1) is 5.39. The fraction of sp³-hybridized carbons (Fsp3) is 0.667. The number of hydrogen-bond acceptors (Lipinski definition) is 4. The van der Waals surface area contributed by atoms with Crippen molar-refractivity contribution in [3.05, 3.63) is 0 Å². The number of nitriles is 1. The molecule has 12 heavy (non-hydrogen) atoms. The summed E-state index contributed by atoms with van der Waals surface area (Å²) >= 11 is 0. The van der Waals surface area contributed by atoms with Crippen LogP contribution in [0.4, 0.5) is 0 Å². The van der Waals surface area contributed by atoms with Crippen LogP contribution in [0.15, 0.2) is 0 Å². The molecule has 68 valence electrons. The van der Waals surface area contributed by atoms with Gasteiger partial charge in [-0.1, -0.05) is 0 Å². The molecular formula is C6H10N2O3S. The summed E-state index contributed by atoms with van der Waals surface area (Å²) in [6.07, 6.45) is 0.976. The molecule has 0 aliphatic heterocycles. The van der Waals surface area contributed by atoms with Crippen LogP contribution in [0.25, 0.3) is 0 Å². The summed E-state index contributed by atoms with van der Waals surface area (Å²) in [6.45, 7) is 1.11. The first kappa shape index (κ1) is 10.9. The van der Waals surface area contributed by atoms with Crippen LogP contribution >= 0.6 is 0 Å². The maximum atomic E-state index is 10.9. The highest BCUT2D eigenvalue weighted by Crippen LogP contribution is 1.96. The minimum atomic E-state index is -3.35. The number of sulfone groups is 1. The van der Waals surface area contributed by atoms with E-state index in [1.54, 1.807) is 6.07 Å². The van der Waals surface area contributed by atoms with Gasteiger partial charge in [0.1, 0.15) is 11.8 Å². The molecule has 0 bridgehead atoms. The Morgan fingerprint density at radius 2 is 2.17 bits per heavy atom. The van der Waals surface area contributed by atoms with Crippen LogP contribution in [0.2, 0.25) is 0 Å². The molecule has 0 saturated heterocycles. The van der Waals surface area contributed by atoms with Gasteiger partial charge in [0.2, 0.25) is 5.91 Å². The van der Waals surface area contributed by atoms with E-state index in [0.29, 0.717) is 0 Å². The maximum absolute atomic E-state index is 10.9. The molecule has 6 heteroatoms. The third-order valence-corrected chi connectivity index (χ3v) is 2.85. The molecule has 0 aromatic heterocycles. The van der Waals surface area contributed by atoms with Crippen molar-refractivity contribution in [3.8, 4) is 6.07 Å². The molecule has 1 N–H and O–H groups in total. The van der Waals surface area contributed by atoms with E-state index in [-0.39, 0.29) is 6.54 Å². The minimum Gasteiger partial charge on any atom is -0.342 e. The zero-order chi connectivity index (χ0) is 9.78. The fourth-order valence-corrected chi connectivity index (χ4v) is 0.937. The zero-order valence-corrected chi connectivity index (χ0v) is 7.68. The van der Waals surface area contributed by atoms with Crippen LogP contribution in [0, 0.1) is 11.3 Å². The number of rotatable bonds is 3. The van der Waals surface area contributed by atoms with Gasteiger partial charge < -0.3 is 5.32 Å². The third-order valence-electron chi connectivity index (χ3n) is 1.35. The Morgan fingerprint density at radius 1 is 1.67 bits per heavy atom. The second kappa shape index (κ2) is 4.07. The number of carbonyl (C=O) groups is 1. The number of hydrogen-bond donors (Lipinski definition) is 1. The quantitative estimate of drug-likeness (QED) is 0.582. The molecule has 0 aromatic carbocycles. The predicted molar refractivity (Wildman–Crippen MR) is 42.9 cm³/mol. The number of carbonyl (C=O) groups excluding carboxylic acids is 1. The van der Waals surface area contributed by atoms with E-state index in [4.69, 9.17) is 5.26 Å². The standard InChI is InChI=1S/C6H10N2O3S/c1-5(12(2,10)11)6(9)8-4-3-7/h5H,4H2,1-2H3,(H,8,9). The summed E-state index contributed by atoms with van der Waals surface area (Å²) in [4.78, 5) is 10.9. The van der Waals surface area contributed by atoms with Gasteiger partial charge in [0.05, 0.1) is 6.07 Å². The van der Waals surface area contributed by atoms with Crippen LogP contribution in [-0.2, 0) is 14.6 Å². The average Bonchev–Trinajstić information content (AvgIpc) is 1.97. The molecule has 1 unspecified atom stereocenters. The molecule has 0 saturated carbocycles. The van der Waals surface area contributed by atoms with E-state index in [2.05, 4.69) is 5.32 Å². The Morgan fingerprint density at radius 3 is 2.50 bits per heavy atom. The Bertz CT molecular complexity index is 301. The lowest BCUT2D eigenvalue weighted by molar-refractivity contribution is -0.120. The van der Waals surface area contributed by atoms with E-state index in [0.717, 1.165) is 6.26 Å². The predicted octanol–water partition coefficient (Wildman–Crippen LogP) is -0.941. The van der Waals surface area contributed by atoms with Crippen molar-refractivity contribution in [1.29, 1.82) is 5.26 Å². The molecule has 0 heterocycles. The van der Waals surface area contributed by atoms with Crippen molar-refractivity contribution >= 4 is 15.7 Å². The SMILES string of the molecule is CC(C(=O)NCC#N)S(C)(=O)=O. The monoisotopic (exact) mass is 190 g/mol. The summed E-state index contributed by atoms with van der Waals surface area (Å²) in [6, 6.07) is 1.68. The highest BCUT2D eigenvalue weighted by atomic mass is 32.2. The molecule has 5 nitrogen and oxygen atoms in total. The minimum absolute atomic E-state index is 0.168. The number of nitrogens with one attached hydrogen (secondary N) is 1. The fourth-order valence-electron chi connectivity index (χ4n) is 0.465. The van der Waals surface area contributed by atoms with Gasteiger partial charge in [0.15, 0.2) is 9.84 Å². The summed E-state index contributed by atoms with van der Waals surface area (Å²) in [7, 11) is -3.35. The van der Waals surface area contributed by atoms with Crippen molar-refractivity contribution in [1.82, 2.24) is 5.32 Å². The summed E-state index contributed by atoms with van der Waals surface area (Å²) in [5, 5.41) is 9.15. The first-order valence-corrected chi connectivity index (χ1v) is 5.18. The second-order valence-electron chi connectivity index (χ2n) is 2.35. The lowest BCUT2D eigenvalue weighted by Gasteiger charge is -2.06. The van der Waals surface area contributed by atoms with Crippen molar-refractivity contribution in [2.75, 3.05) is 12.8 Å². The van der Waals surface area contributed by atoms with Gasteiger partial charge in [0, 0.05) is 6.26 Å². The molecule has 0 spiro atoms. The van der Waals surface area contributed by atoms with Crippen molar-refractivity contribution in [2.45, 2.75) is 12.2 Å². The molecule has 0 aliphatic rings. The lowest BCUT2D eigenvalue weighted by atomic mass is 10.4. The molecule has 0 rings (SSSR count). The first-order valence-electron chi connectivity index (χ1n) is 3.23. The maximum Gasteiger partial charge on any atom is 0.238 e. The van der Waals surface area contributed by atoms with E-state index >= 15 is 0 Å². The highest BCUT2D eigenvalue weighted by molar-refractivity contribution is 7.92. The third kappa shape index (κ3) is 3.34. The summed E-state index contributed by atoms with van der Waals surface area (Å²) in [5.74, 6) is -0.640. The number of nitrogens with zero attached hydrogens (tertiary/aromatic N) is 1. The molecule has 0 radical (unpaired) electrons. The zero-order valence-electron chi connectivity index (χ0n) is 6.86. The molecule has 0 aliphatic carbocycles. The Hall–Kier alpha value is -1.09. The van der Waals surface area contributed by atoms with E-state index in [1.807, 2.05) is 0 Å². The Labute approximate surface area is 71.3 Å². The largest absolute Gasteiger partial charge is 0.342 e. The number of amides is 1. The van der Waals surface area contributed by atoms with Crippen LogP contribution in [-0.4, -0.2) is 32.4 Å². The molecular weight excluding hydrogens is 180 g/mol. The van der Waals surface area contributed by atoms with Gasteiger partial charge in [-0.25, -0.2) is 8.42 Å². The van der Waals surface area contributed by atoms with Crippen LogP contribution in [0.3, 0.4) is 0 Å². The molecule has 1 amide bonds. The van der Waals surface area contributed by atoms with Crippen LogP contribution < -0.4 is 5.32 Å². The van der Waals surface area contributed by atoms with Gasteiger partial charge in [-0.05, 0) is 6.92 Å². The van der Waals surface area contributed by atoms with Crippen LogP contribution in [0.5, 0.6) is 0 Å². The highest BCUT2D eigenvalue weighted by Gasteiger charge is 2.22. The topological polar surface area (TPSA) is 87.0 Å². The normalized spacial score (nSPS) is 13.1. The van der Waals surface area contributed by atoms with Gasteiger partial charge in [-0.2, -0.15) is 5.26 Å². The summed E-state index contributed by atoms with van der Waals surface area (Å²) in [5.41, 5.74) is 0. The Balaban J connectivity index is 4.24.